The Hall–Kier alpha value is -3.85. The zero-order valence-corrected chi connectivity index (χ0v) is 20.2. The summed E-state index contributed by atoms with van der Waals surface area (Å²) in [5.41, 5.74) is 0.643. The number of fused-ring (bicyclic) bond motifs is 1. The SMILES string of the molecule is O=C(NC(c1cn2ncc(CN3C[C@@H](C(F)(F)F)NC3=O)cc2n1)C1CCC(F)(F)CC1)c1conc1CF. The van der Waals surface area contributed by atoms with E-state index in [1.165, 1.54) is 23.0 Å². The molecule has 2 N–H and O–H groups in total. The van der Waals surface area contributed by atoms with Crippen LogP contribution in [0.25, 0.3) is 5.65 Å². The molecule has 16 heteroatoms. The standard InChI is InChI=1S/C23H23F6N7O3/c24-6-15-14(11-39-34-15)20(37)33-19(13-1-3-22(25,26)4-2-13)16-9-36-18(31-16)5-12(7-30-36)8-35-10-17(23(27,28)29)32-21(35)38/h5,7,9,11,13,17,19H,1-4,6,8,10H2,(H,32,38)(H,33,37)/t17-,19?/m0/s1. The van der Waals surface area contributed by atoms with Gasteiger partial charge in [0.25, 0.3) is 5.91 Å². The summed E-state index contributed by atoms with van der Waals surface area (Å²) in [6, 6.07) is -2.15. The summed E-state index contributed by atoms with van der Waals surface area (Å²) in [6.07, 6.45) is -1.28. The van der Waals surface area contributed by atoms with Crippen LogP contribution in [-0.4, -0.2) is 61.3 Å². The molecule has 1 aliphatic heterocycles. The molecule has 0 aromatic carbocycles. The largest absolute Gasteiger partial charge is 0.410 e. The van der Waals surface area contributed by atoms with Crippen molar-refractivity contribution in [3.63, 3.8) is 0 Å². The Bertz CT molecular complexity index is 1360. The van der Waals surface area contributed by atoms with Crippen LogP contribution in [0.1, 0.15) is 59.0 Å². The van der Waals surface area contributed by atoms with Gasteiger partial charge in [0.05, 0.1) is 30.7 Å². The minimum Gasteiger partial charge on any atom is -0.364 e. The lowest BCUT2D eigenvalue weighted by molar-refractivity contribution is -0.149. The number of rotatable bonds is 7. The van der Waals surface area contributed by atoms with Crippen molar-refractivity contribution in [2.75, 3.05) is 6.54 Å². The van der Waals surface area contributed by atoms with Crippen molar-refractivity contribution < 1.29 is 40.5 Å². The van der Waals surface area contributed by atoms with E-state index >= 15 is 0 Å². The highest BCUT2D eigenvalue weighted by atomic mass is 19.4. The average Bonchev–Trinajstić information content (AvgIpc) is 3.60. The van der Waals surface area contributed by atoms with Crippen LogP contribution in [0, 0.1) is 5.92 Å². The molecule has 1 unspecified atom stereocenters. The zero-order valence-electron chi connectivity index (χ0n) is 20.2. The summed E-state index contributed by atoms with van der Waals surface area (Å²) < 4.78 is 85.9. The fourth-order valence-corrected chi connectivity index (χ4v) is 4.89. The number of carbonyl (C=O) groups is 2. The summed E-state index contributed by atoms with van der Waals surface area (Å²) >= 11 is 0. The van der Waals surface area contributed by atoms with Crippen molar-refractivity contribution in [2.45, 2.75) is 63.1 Å². The Morgan fingerprint density at radius 1 is 1.28 bits per heavy atom. The van der Waals surface area contributed by atoms with Crippen LogP contribution in [0.15, 0.2) is 29.2 Å². The van der Waals surface area contributed by atoms with Crippen LogP contribution in [0.2, 0.25) is 0 Å². The van der Waals surface area contributed by atoms with Gasteiger partial charge in [0.2, 0.25) is 5.92 Å². The van der Waals surface area contributed by atoms with Crippen LogP contribution in [0.5, 0.6) is 0 Å². The Morgan fingerprint density at radius 2 is 2.03 bits per heavy atom. The second-order valence-electron chi connectivity index (χ2n) is 9.71. The minimum atomic E-state index is -4.58. The molecule has 2 atom stereocenters. The Morgan fingerprint density at radius 3 is 2.69 bits per heavy atom. The third-order valence-electron chi connectivity index (χ3n) is 7.01. The van der Waals surface area contributed by atoms with Gasteiger partial charge in [-0.1, -0.05) is 5.16 Å². The van der Waals surface area contributed by atoms with Gasteiger partial charge in [-0.25, -0.2) is 27.5 Å². The smallest absolute Gasteiger partial charge is 0.364 e. The number of hydrogen-bond acceptors (Lipinski definition) is 6. The molecule has 3 aromatic rings. The van der Waals surface area contributed by atoms with E-state index in [4.69, 9.17) is 4.52 Å². The van der Waals surface area contributed by atoms with E-state index in [9.17, 15) is 35.9 Å². The number of amides is 3. The van der Waals surface area contributed by atoms with Gasteiger partial charge in [0.1, 0.15) is 30.2 Å². The molecule has 2 aliphatic rings. The highest BCUT2D eigenvalue weighted by Crippen LogP contribution is 2.41. The van der Waals surface area contributed by atoms with Crippen molar-refractivity contribution in [3.8, 4) is 0 Å². The van der Waals surface area contributed by atoms with Gasteiger partial charge >= 0.3 is 12.2 Å². The van der Waals surface area contributed by atoms with Gasteiger partial charge < -0.3 is 20.1 Å². The fourth-order valence-electron chi connectivity index (χ4n) is 4.89. The maximum absolute atomic E-state index is 13.8. The van der Waals surface area contributed by atoms with E-state index in [0.717, 1.165) is 11.2 Å². The highest BCUT2D eigenvalue weighted by Gasteiger charge is 2.47. The first kappa shape index (κ1) is 26.7. The first-order chi connectivity index (χ1) is 18.4. The average molecular weight is 559 g/mol. The molecule has 3 aromatic heterocycles. The fraction of sp³-hybridized carbons (Fsp3) is 0.522. The summed E-state index contributed by atoms with van der Waals surface area (Å²) in [5.74, 6) is -3.95. The predicted octanol–water partition coefficient (Wildman–Crippen LogP) is 3.94. The molecule has 1 saturated carbocycles. The van der Waals surface area contributed by atoms with Crippen LogP contribution < -0.4 is 10.6 Å². The van der Waals surface area contributed by atoms with E-state index in [0.29, 0.717) is 11.3 Å². The summed E-state index contributed by atoms with van der Waals surface area (Å²) in [6.45, 7) is -1.75. The predicted molar refractivity (Wildman–Crippen MR) is 120 cm³/mol. The number of nitrogens with one attached hydrogen (secondary N) is 2. The van der Waals surface area contributed by atoms with Gasteiger partial charge in [-0.15, -0.1) is 0 Å². The summed E-state index contributed by atoms with van der Waals surface area (Å²) in [5, 5.41) is 12.3. The molecule has 3 amide bonds. The van der Waals surface area contributed by atoms with E-state index in [2.05, 4.69) is 20.6 Å². The minimum absolute atomic E-state index is 0.0918. The molecule has 2 fully saturated rings. The van der Waals surface area contributed by atoms with Crippen molar-refractivity contribution in [1.82, 2.24) is 35.3 Å². The topological polar surface area (TPSA) is 118 Å². The zero-order chi connectivity index (χ0) is 27.9. The number of alkyl halides is 6. The second kappa shape index (κ2) is 10.0. The number of hydrogen-bond donors (Lipinski definition) is 2. The molecule has 1 aliphatic carbocycles. The molecule has 0 spiro atoms. The summed E-state index contributed by atoms with van der Waals surface area (Å²) in [4.78, 5) is 30.4. The van der Waals surface area contributed by atoms with Gasteiger partial charge in [0, 0.05) is 19.4 Å². The summed E-state index contributed by atoms with van der Waals surface area (Å²) in [7, 11) is 0. The van der Waals surface area contributed by atoms with Gasteiger partial charge in [-0.3, -0.25) is 4.79 Å². The monoisotopic (exact) mass is 559 g/mol. The van der Waals surface area contributed by atoms with E-state index in [1.807, 2.05) is 5.32 Å². The van der Waals surface area contributed by atoms with Crippen molar-refractivity contribution >= 4 is 17.6 Å². The second-order valence-corrected chi connectivity index (χ2v) is 9.71. The molecule has 10 nitrogen and oxygen atoms in total. The number of nitrogens with zero attached hydrogens (tertiary/aromatic N) is 5. The van der Waals surface area contributed by atoms with Crippen LogP contribution in [0.4, 0.5) is 31.1 Å². The lowest BCUT2D eigenvalue weighted by Gasteiger charge is -2.33. The van der Waals surface area contributed by atoms with Crippen molar-refractivity contribution in [2.24, 2.45) is 5.92 Å². The molecule has 210 valence electrons. The number of carbonyl (C=O) groups excluding carboxylic acids is 2. The molecular formula is C23H23F6N7O3. The van der Waals surface area contributed by atoms with Gasteiger partial charge in [-0.2, -0.15) is 18.3 Å². The first-order valence-electron chi connectivity index (χ1n) is 12.1. The Labute approximate surface area is 216 Å². The van der Waals surface area contributed by atoms with Gasteiger partial charge in [0.15, 0.2) is 5.65 Å². The number of aromatic nitrogens is 4. The molecule has 39 heavy (non-hydrogen) atoms. The number of urea groups is 1. The molecule has 0 radical (unpaired) electrons. The number of imidazole rings is 1. The lowest BCUT2D eigenvalue weighted by atomic mass is 9.81. The van der Waals surface area contributed by atoms with Crippen LogP contribution in [0.3, 0.4) is 0 Å². The molecule has 5 rings (SSSR count). The highest BCUT2D eigenvalue weighted by molar-refractivity contribution is 5.95. The maximum atomic E-state index is 13.8. The van der Waals surface area contributed by atoms with E-state index < -0.39 is 55.3 Å². The Balaban J connectivity index is 1.39. The van der Waals surface area contributed by atoms with Crippen LogP contribution in [-0.2, 0) is 13.2 Å². The first-order valence-corrected chi connectivity index (χ1v) is 12.1. The molecular weight excluding hydrogens is 536 g/mol. The molecule has 4 heterocycles. The number of halogens is 6. The Kier molecular flexibility index (Phi) is 6.88. The van der Waals surface area contributed by atoms with E-state index in [1.54, 1.807) is 0 Å². The van der Waals surface area contributed by atoms with Gasteiger partial charge in [-0.05, 0) is 30.4 Å². The molecule has 0 bridgehead atoms. The van der Waals surface area contributed by atoms with E-state index in [-0.39, 0.29) is 49.1 Å². The third kappa shape index (κ3) is 5.63. The molecule has 1 saturated heterocycles. The quantitative estimate of drug-likeness (QED) is 0.424. The lowest BCUT2D eigenvalue weighted by Crippen LogP contribution is -2.40. The van der Waals surface area contributed by atoms with Crippen LogP contribution >= 0.6 is 0 Å². The van der Waals surface area contributed by atoms with Crippen molar-refractivity contribution in [3.05, 3.63) is 47.2 Å². The maximum Gasteiger partial charge on any atom is 0.410 e. The normalized spacial score (nSPS) is 20.8. The van der Waals surface area contributed by atoms with Crippen molar-refractivity contribution in [1.29, 1.82) is 0 Å². The third-order valence-corrected chi connectivity index (χ3v) is 7.01.